The van der Waals surface area contributed by atoms with Crippen molar-refractivity contribution in [1.29, 1.82) is 0 Å². The van der Waals surface area contributed by atoms with Crippen LogP contribution < -0.4 is 0 Å². The van der Waals surface area contributed by atoms with Gasteiger partial charge >= 0.3 is 0 Å². The van der Waals surface area contributed by atoms with Crippen molar-refractivity contribution in [3.8, 4) is 0 Å². The average Bonchev–Trinajstić information content (AvgIpc) is 2.89. The predicted molar refractivity (Wildman–Crippen MR) is 78.5 cm³/mol. The van der Waals surface area contributed by atoms with Crippen molar-refractivity contribution in [2.45, 2.75) is 43.0 Å². The molecule has 1 aromatic rings. The van der Waals surface area contributed by atoms with Gasteiger partial charge in [0, 0.05) is 18.8 Å². The van der Waals surface area contributed by atoms with E-state index in [4.69, 9.17) is 23.2 Å². The van der Waals surface area contributed by atoms with Gasteiger partial charge < -0.3 is 0 Å². The number of rotatable bonds is 2. The third-order valence-corrected chi connectivity index (χ3v) is 6.90. The number of halogens is 2. The van der Waals surface area contributed by atoms with E-state index in [1.807, 2.05) is 0 Å². The van der Waals surface area contributed by atoms with E-state index in [1.165, 1.54) is 12.3 Å². The fourth-order valence-corrected chi connectivity index (χ4v) is 5.45. The van der Waals surface area contributed by atoms with Crippen LogP contribution in [-0.2, 0) is 10.0 Å². The van der Waals surface area contributed by atoms with E-state index in [1.54, 1.807) is 4.31 Å². The average molecular weight is 335 g/mol. The first-order chi connectivity index (χ1) is 9.50. The van der Waals surface area contributed by atoms with Crippen LogP contribution in [0.2, 0.25) is 10.2 Å². The number of pyridine rings is 1. The fraction of sp³-hybridized carbons (Fsp3) is 0.615. The molecule has 20 heavy (non-hydrogen) atoms. The molecule has 1 aliphatic carbocycles. The van der Waals surface area contributed by atoms with Crippen LogP contribution in [0.3, 0.4) is 0 Å². The molecule has 2 atom stereocenters. The number of piperidine rings is 1. The Labute approximate surface area is 129 Å². The maximum atomic E-state index is 12.8. The van der Waals surface area contributed by atoms with Gasteiger partial charge in [-0.1, -0.05) is 29.6 Å². The minimum Gasteiger partial charge on any atom is -0.242 e. The van der Waals surface area contributed by atoms with Gasteiger partial charge in [-0.15, -0.1) is 0 Å². The number of fused-ring (bicyclic) bond motifs is 1. The molecule has 110 valence electrons. The summed E-state index contributed by atoms with van der Waals surface area (Å²) in [6.45, 7) is 0.587. The van der Waals surface area contributed by atoms with Crippen molar-refractivity contribution in [3.63, 3.8) is 0 Å². The molecule has 3 rings (SSSR count). The van der Waals surface area contributed by atoms with Gasteiger partial charge in [-0.3, -0.25) is 0 Å². The lowest BCUT2D eigenvalue weighted by molar-refractivity contribution is 0.202. The Kier molecular flexibility index (Phi) is 3.97. The first-order valence-corrected chi connectivity index (χ1v) is 9.02. The van der Waals surface area contributed by atoms with Crippen molar-refractivity contribution in [3.05, 3.63) is 22.4 Å². The molecule has 0 bridgehead atoms. The first kappa shape index (κ1) is 14.6. The maximum absolute atomic E-state index is 12.8. The van der Waals surface area contributed by atoms with Crippen LogP contribution in [0.5, 0.6) is 0 Å². The highest BCUT2D eigenvalue weighted by Gasteiger charge is 2.41. The zero-order chi connectivity index (χ0) is 14.3. The lowest BCUT2D eigenvalue weighted by Crippen LogP contribution is -2.46. The molecule has 0 spiro atoms. The van der Waals surface area contributed by atoms with Crippen LogP contribution in [-0.4, -0.2) is 30.3 Å². The molecule has 7 heteroatoms. The topological polar surface area (TPSA) is 50.3 Å². The second-order valence-corrected chi connectivity index (χ2v) is 8.12. The Hall–Kier alpha value is -0.360. The van der Waals surface area contributed by atoms with Crippen LogP contribution in [0.15, 0.2) is 17.2 Å². The first-order valence-electron chi connectivity index (χ1n) is 6.83. The number of aromatic nitrogens is 1. The number of sulfonamides is 1. The fourth-order valence-electron chi connectivity index (χ4n) is 3.39. The number of nitrogens with zero attached hydrogens (tertiary/aromatic N) is 2. The molecule has 0 amide bonds. The van der Waals surface area contributed by atoms with E-state index < -0.39 is 10.0 Å². The monoisotopic (exact) mass is 334 g/mol. The van der Waals surface area contributed by atoms with Crippen molar-refractivity contribution < 1.29 is 8.42 Å². The third-order valence-electron chi connectivity index (χ3n) is 4.32. The van der Waals surface area contributed by atoms with Crippen LogP contribution in [0, 0.1) is 5.92 Å². The standard InChI is InChI=1S/C13H16Cl2N2O2S/c14-11-7-10(8-16-13(11)15)20(18,19)17-6-2-4-9-3-1-5-12(9)17/h7-9,12H,1-6H2. The SMILES string of the molecule is O=S(=O)(c1cnc(Cl)c(Cl)c1)N1CCCC2CCCC21. The minimum atomic E-state index is -3.53. The Balaban J connectivity index is 1.96. The summed E-state index contributed by atoms with van der Waals surface area (Å²) in [5.74, 6) is 0.509. The molecule has 1 aromatic heterocycles. The molecule has 1 saturated heterocycles. The second-order valence-electron chi connectivity index (χ2n) is 5.46. The van der Waals surface area contributed by atoms with Crippen LogP contribution in [0.25, 0.3) is 0 Å². The highest BCUT2D eigenvalue weighted by atomic mass is 35.5. The quantitative estimate of drug-likeness (QED) is 0.779. The van der Waals surface area contributed by atoms with Crippen LogP contribution in [0.4, 0.5) is 0 Å². The summed E-state index contributed by atoms with van der Waals surface area (Å²) >= 11 is 11.6. The normalized spacial score (nSPS) is 27.5. The third kappa shape index (κ3) is 2.45. The second kappa shape index (κ2) is 5.44. The molecule has 0 N–H and O–H groups in total. The Bertz CT molecular complexity index is 621. The molecule has 0 radical (unpaired) electrons. The van der Waals surface area contributed by atoms with E-state index in [0.29, 0.717) is 12.5 Å². The van der Waals surface area contributed by atoms with Crippen molar-refractivity contribution in [1.82, 2.24) is 9.29 Å². The summed E-state index contributed by atoms with van der Waals surface area (Å²) in [5.41, 5.74) is 0. The lowest BCUT2D eigenvalue weighted by atomic mass is 9.94. The van der Waals surface area contributed by atoms with E-state index in [9.17, 15) is 8.42 Å². The molecule has 2 aliphatic rings. The van der Waals surface area contributed by atoms with Crippen molar-refractivity contribution in [2.75, 3.05) is 6.54 Å². The number of hydrogen-bond acceptors (Lipinski definition) is 3. The molecule has 1 aliphatic heterocycles. The Morgan fingerprint density at radius 3 is 2.70 bits per heavy atom. The van der Waals surface area contributed by atoms with Gasteiger partial charge in [0.1, 0.15) is 10.0 Å². The van der Waals surface area contributed by atoms with E-state index in [-0.39, 0.29) is 21.1 Å². The Morgan fingerprint density at radius 1 is 1.20 bits per heavy atom. The highest BCUT2D eigenvalue weighted by Crippen LogP contribution is 2.39. The van der Waals surface area contributed by atoms with Gasteiger partial charge in [0.2, 0.25) is 10.0 Å². The van der Waals surface area contributed by atoms with E-state index >= 15 is 0 Å². The van der Waals surface area contributed by atoms with E-state index in [2.05, 4.69) is 4.98 Å². The van der Waals surface area contributed by atoms with Crippen molar-refractivity contribution in [2.24, 2.45) is 5.92 Å². The van der Waals surface area contributed by atoms with Crippen LogP contribution in [0.1, 0.15) is 32.1 Å². The molecule has 4 nitrogen and oxygen atoms in total. The maximum Gasteiger partial charge on any atom is 0.244 e. The zero-order valence-electron chi connectivity index (χ0n) is 10.9. The van der Waals surface area contributed by atoms with Gasteiger partial charge in [-0.25, -0.2) is 13.4 Å². The van der Waals surface area contributed by atoms with Crippen LogP contribution >= 0.6 is 23.2 Å². The molecule has 2 unspecified atom stereocenters. The van der Waals surface area contributed by atoms with E-state index in [0.717, 1.165) is 32.1 Å². The smallest absolute Gasteiger partial charge is 0.242 e. The summed E-state index contributed by atoms with van der Waals surface area (Å²) in [4.78, 5) is 3.99. The highest BCUT2D eigenvalue weighted by molar-refractivity contribution is 7.89. The predicted octanol–water partition coefficient (Wildman–Crippen LogP) is 3.34. The molecule has 1 saturated carbocycles. The largest absolute Gasteiger partial charge is 0.244 e. The molecular weight excluding hydrogens is 319 g/mol. The molecule has 2 heterocycles. The molecular formula is C13H16Cl2N2O2S. The summed E-state index contributed by atoms with van der Waals surface area (Å²) in [6.07, 6.45) is 6.56. The van der Waals surface area contributed by atoms with Gasteiger partial charge in [0.05, 0.1) is 5.02 Å². The minimum absolute atomic E-state index is 0.128. The molecule has 2 fully saturated rings. The van der Waals surface area contributed by atoms with Gasteiger partial charge in [0.15, 0.2) is 0 Å². The Morgan fingerprint density at radius 2 is 1.95 bits per heavy atom. The van der Waals surface area contributed by atoms with Gasteiger partial charge in [-0.2, -0.15) is 4.31 Å². The summed E-state index contributed by atoms with van der Waals surface area (Å²) in [6, 6.07) is 1.54. The summed E-state index contributed by atoms with van der Waals surface area (Å²) < 4.78 is 27.2. The van der Waals surface area contributed by atoms with Gasteiger partial charge in [-0.05, 0) is 37.7 Å². The van der Waals surface area contributed by atoms with Crippen molar-refractivity contribution >= 4 is 33.2 Å². The molecule has 0 aromatic carbocycles. The number of hydrogen-bond donors (Lipinski definition) is 0. The zero-order valence-corrected chi connectivity index (χ0v) is 13.3. The summed E-state index contributed by atoms with van der Waals surface area (Å²) in [5, 5.41) is 0.302. The summed E-state index contributed by atoms with van der Waals surface area (Å²) in [7, 11) is -3.53. The lowest BCUT2D eigenvalue weighted by Gasteiger charge is -2.36. The van der Waals surface area contributed by atoms with Gasteiger partial charge in [0.25, 0.3) is 0 Å².